The molecular formula is C25H37N5O5S. The third-order valence-corrected chi connectivity index (χ3v) is 8.24. The number of nitrogens with one attached hydrogen (secondary N) is 1. The normalized spacial score (nSPS) is 24.4. The van der Waals surface area contributed by atoms with Crippen molar-refractivity contribution in [3.63, 3.8) is 0 Å². The molecule has 4 rings (SSSR count). The number of imidazole rings is 1. The van der Waals surface area contributed by atoms with E-state index >= 15 is 0 Å². The summed E-state index contributed by atoms with van der Waals surface area (Å²) in [7, 11) is 1.26. The smallest absolute Gasteiger partial charge is 0.280 e. The second-order valence-corrected chi connectivity index (χ2v) is 11.8. The van der Waals surface area contributed by atoms with Crippen LogP contribution in [0.15, 0.2) is 35.7 Å². The molecule has 2 aliphatic rings. The van der Waals surface area contributed by atoms with Gasteiger partial charge in [0.25, 0.3) is 15.9 Å². The summed E-state index contributed by atoms with van der Waals surface area (Å²) in [5.41, 5.74) is 0.676. The maximum Gasteiger partial charge on any atom is 0.280 e. The minimum atomic E-state index is -3.88. The van der Waals surface area contributed by atoms with Gasteiger partial charge in [0.15, 0.2) is 5.03 Å². The Balaban J connectivity index is 1.64. The van der Waals surface area contributed by atoms with Crippen molar-refractivity contribution in [2.45, 2.75) is 43.9 Å². The zero-order chi connectivity index (χ0) is 26.0. The van der Waals surface area contributed by atoms with Crippen molar-refractivity contribution < 1.29 is 22.7 Å². The van der Waals surface area contributed by atoms with Gasteiger partial charge in [0.05, 0.1) is 23.7 Å². The summed E-state index contributed by atoms with van der Waals surface area (Å²) in [6, 6.07) is 4.86. The average molecular weight is 520 g/mol. The van der Waals surface area contributed by atoms with Crippen LogP contribution in [-0.4, -0.2) is 86.2 Å². The first kappa shape index (κ1) is 26.4. The van der Waals surface area contributed by atoms with Gasteiger partial charge in [-0.25, -0.2) is 4.98 Å². The van der Waals surface area contributed by atoms with Crippen LogP contribution in [0.2, 0.25) is 0 Å². The third kappa shape index (κ3) is 6.19. The summed E-state index contributed by atoms with van der Waals surface area (Å²) in [4.78, 5) is 21.4. The van der Waals surface area contributed by atoms with Crippen LogP contribution >= 0.6 is 0 Å². The molecule has 1 aromatic carbocycles. The molecular weight excluding hydrogens is 482 g/mol. The molecule has 2 aromatic rings. The first-order valence-corrected chi connectivity index (χ1v) is 13.9. The van der Waals surface area contributed by atoms with E-state index in [1.165, 1.54) is 25.4 Å². The number of carbonyl (C=O) groups is 1. The first-order valence-electron chi connectivity index (χ1n) is 12.4. The highest BCUT2D eigenvalue weighted by Gasteiger charge is 2.32. The van der Waals surface area contributed by atoms with Crippen LogP contribution in [-0.2, 0) is 21.8 Å². The number of methoxy groups -OCH3 is 1. The number of hydrogen-bond donors (Lipinski definition) is 1. The molecule has 1 N–H and O–H groups in total. The van der Waals surface area contributed by atoms with Gasteiger partial charge in [0.2, 0.25) is 0 Å². The van der Waals surface area contributed by atoms with Crippen LogP contribution < -0.4 is 9.46 Å². The fourth-order valence-corrected chi connectivity index (χ4v) is 5.56. The molecule has 3 atom stereocenters. The minimum Gasteiger partial charge on any atom is -0.491 e. The quantitative estimate of drug-likeness (QED) is 0.625. The number of anilines is 1. The lowest BCUT2D eigenvalue weighted by molar-refractivity contribution is 0.00994. The summed E-state index contributed by atoms with van der Waals surface area (Å²) in [5, 5.41) is -0.0847. The van der Waals surface area contributed by atoms with Gasteiger partial charge in [-0.2, -0.15) is 8.42 Å². The maximum atomic E-state index is 13.4. The number of fused-ring (bicyclic) bond motifs is 1. The fraction of sp³-hybridized carbons (Fsp3) is 0.600. The highest BCUT2D eigenvalue weighted by Crippen LogP contribution is 2.32. The highest BCUT2D eigenvalue weighted by molar-refractivity contribution is 7.92. The van der Waals surface area contributed by atoms with Crippen molar-refractivity contribution in [2.24, 2.45) is 18.9 Å². The summed E-state index contributed by atoms with van der Waals surface area (Å²) < 4.78 is 41.7. The van der Waals surface area contributed by atoms with Crippen LogP contribution in [0.1, 0.15) is 37.0 Å². The van der Waals surface area contributed by atoms with Crippen molar-refractivity contribution >= 4 is 21.6 Å². The van der Waals surface area contributed by atoms with E-state index < -0.39 is 10.0 Å². The van der Waals surface area contributed by atoms with Crippen molar-refractivity contribution in [3.05, 3.63) is 36.3 Å². The maximum absolute atomic E-state index is 13.4. The number of carbonyl (C=O) groups excluding carboxylic acids is 1. The van der Waals surface area contributed by atoms with E-state index in [1.807, 2.05) is 0 Å². The van der Waals surface area contributed by atoms with Crippen LogP contribution in [0.3, 0.4) is 0 Å². The van der Waals surface area contributed by atoms with Gasteiger partial charge in [0, 0.05) is 59.1 Å². The summed E-state index contributed by atoms with van der Waals surface area (Å²) in [6.07, 6.45) is 5.25. The molecule has 0 unspecified atom stereocenters. The van der Waals surface area contributed by atoms with Crippen LogP contribution in [0.5, 0.6) is 5.75 Å². The number of aromatic nitrogens is 2. The molecule has 0 saturated heterocycles. The van der Waals surface area contributed by atoms with E-state index in [9.17, 15) is 13.2 Å². The number of ether oxygens (including phenoxy) is 2. The molecule has 11 heteroatoms. The zero-order valence-electron chi connectivity index (χ0n) is 21.7. The lowest BCUT2D eigenvalue weighted by Crippen LogP contribution is -2.47. The SMILES string of the molecule is CO[C@H]1CN(C)C(=O)c2ccc(NS(=O)(=O)c3cn(C)cn3)cc2OC[C@@H](C)N(CC2CC2)C[C@@H]1C. The number of aryl methyl sites for hydroxylation is 1. The Kier molecular flexibility index (Phi) is 7.91. The molecule has 2 heterocycles. The van der Waals surface area contributed by atoms with E-state index in [1.54, 1.807) is 48.9 Å². The molecule has 1 aromatic heterocycles. The van der Waals surface area contributed by atoms with Gasteiger partial charge in [-0.05, 0) is 43.7 Å². The standard InChI is InChI=1S/C25H37N5O5S/c1-17-11-30(12-19-6-7-19)18(2)15-35-22-10-20(27-36(32,33)24-14-28(3)16-26-24)8-9-21(22)25(31)29(4)13-23(17)34-5/h8-10,14,16-19,23,27H,6-7,11-13,15H2,1-5H3/t17-,18+,23-/m0/s1. The molecule has 1 aliphatic heterocycles. The lowest BCUT2D eigenvalue weighted by atomic mass is 10.0. The summed E-state index contributed by atoms with van der Waals surface area (Å²) in [5.74, 6) is 1.08. The van der Waals surface area contributed by atoms with E-state index in [2.05, 4.69) is 28.5 Å². The first-order chi connectivity index (χ1) is 17.1. The van der Waals surface area contributed by atoms with Gasteiger partial charge < -0.3 is 18.9 Å². The van der Waals surface area contributed by atoms with Crippen LogP contribution in [0.4, 0.5) is 5.69 Å². The summed E-state index contributed by atoms with van der Waals surface area (Å²) >= 11 is 0. The highest BCUT2D eigenvalue weighted by atomic mass is 32.2. The lowest BCUT2D eigenvalue weighted by Gasteiger charge is -2.36. The average Bonchev–Trinajstić information content (AvgIpc) is 3.54. The predicted molar refractivity (Wildman–Crippen MR) is 137 cm³/mol. The van der Waals surface area contributed by atoms with Crippen molar-refractivity contribution in [1.82, 2.24) is 19.4 Å². The Hall–Kier alpha value is -2.63. The second-order valence-electron chi connectivity index (χ2n) is 10.2. The molecule has 1 aliphatic carbocycles. The molecule has 1 saturated carbocycles. The number of benzene rings is 1. The van der Waals surface area contributed by atoms with Gasteiger partial charge >= 0.3 is 0 Å². The van der Waals surface area contributed by atoms with Crippen molar-refractivity contribution in [2.75, 3.05) is 45.1 Å². The number of nitrogens with zero attached hydrogens (tertiary/aromatic N) is 4. The minimum absolute atomic E-state index is 0.0847. The van der Waals surface area contributed by atoms with E-state index in [-0.39, 0.29) is 29.0 Å². The molecule has 36 heavy (non-hydrogen) atoms. The van der Waals surface area contributed by atoms with Crippen molar-refractivity contribution in [3.8, 4) is 5.75 Å². The molecule has 10 nitrogen and oxygen atoms in total. The largest absolute Gasteiger partial charge is 0.491 e. The molecule has 1 fully saturated rings. The third-order valence-electron chi connectivity index (χ3n) is 6.97. The topological polar surface area (TPSA) is 106 Å². The Morgan fingerprint density at radius 2 is 1.94 bits per heavy atom. The van der Waals surface area contributed by atoms with E-state index in [4.69, 9.17) is 9.47 Å². The Morgan fingerprint density at radius 3 is 2.58 bits per heavy atom. The van der Waals surface area contributed by atoms with Gasteiger partial charge in [-0.15, -0.1) is 0 Å². The monoisotopic (exact) mass is 519 g/mol. The predicted octanol–water partition coefficient (Wildman–Crippen LogP) is 2.44. The Bertz CT molecular complexity index is 1180. The van der Waals surface area contributed by atoms with E-state index in [0.29, 0.717) is 30.2 Å². The van der Waals surface area contributed by atoms with Gasteiger partial charge in [-0.3, -0.25) is 14.4 Å². The fourth-order valence-electron chi connectivity index (χ4n) is 4.53. The Labute approximate surface area is 213 Å². The molecule has 1 amide bonds. The number of sulfonamides is 1. The van der Waals surface area contributed by atoms with Crippen LogP contribution in [0, 0.1) is 11.8 Å². The zero-order valence-corrected chi connectivity index (χ0v) is 22.5. The van der Waals surface area contributed by atoms with Gasteiger partial charge in [0.1, 0.15) is 12.4 Å². The number of rotatable bonds is 6. The summed E-state index contributed by atoms with van der Waals surface area (Å²) in [6.45, 7) is 6.96. The van der Waals surface area contributed by atoms with Gasteiger partial charge in [-0.1, -0.05) is 6.92 Å². The molecule has 0 spiro atoms. The molecule has 0 bridgehead atoms. The Morgan fingerprint density at radius 1 is 1.19 bits per heavy atom. The van der Waals surface area contributed by atoms with Crippen LogP contribution in [0.25, 0.3) is 0 Å². The molecule has 198 valence electrons. The number of amides is 1. The second kappa shape index (κ2) is 10.8. The molecule has 0 radical (unpaired) electrons. The number of likely N-dealkylation sites (N-methyl/N-ethyl adjacent to an activating group) is 1. The van der Waals surface area contributed by atoms with Crippen molar-refractivity contribution in [1.29, 1.82) is 0 Å². The van der Waals surface area contributed by atoms with E-state index in [0.717, 1.165) is 19.0 Å². The number of hydrogen-bond acceptors (Lipinski definition) is 7.